The molecule has 130 valence electrons. The molecule has 0 bridgehead atoms. The van der Waals surface area contributed by atoms with Gasteiger partial charge in [-0.25, -0.2) is 9.59 Å². The van der Waals surface area contributed by atoms with Gasteiger partial charge in [0.05, 0.1) is 36.4 Å². The first-order chi connectivity index (χ1) is 12.0. The summed E-state index contributed by atoms with van der Waals surface area (Å²) >= 11 is 0. The first-order valence-corrected chi connectivity index (χ1v) is 7.91. The van der Waals surface area contributed by atoms with E-state index in [1.165, 1.54) is 7.11 Å². The molecule has 0 spiro atoms. The zero-order valence-electron chi connectivity index (χ0n) is 14.5. The maximum Gasteiger partial charge on any atom is 0.336 e. The van der Waals surface area contributed by atoms with Crippen LogP contribution < -0.4 is 5.32 Å². The highest BCUT2D eigenvalue weighted by Crippen LogP contribution is 2.34. The largest absolute Gasteiger partial charge is 0.466 e. The van der Waals surface area contributed by atoms with Crippen LogP contribution in [0.4, 0.5) is 0 Å². The van der Waals surface area contributed by atoms with Crippen molar-refractivity contribution in [3.8, 4) is 6.07 Å². The number of nitriles is 1. The van der Waals surface area contributed by atoms with Crippen LogP contribution in [0.25, 0.3) is 5.70 Å². The molecule has 6 nitrogen and oxygen atoms in total. The average molecular weight is 340 g/mol. The molecule has 0 aromatic heterocycles. The lowest BCUT2D eigenvalue weighted by Crippen LogP contribution is -2.32. The summed E-state index contributed by atoms with van der Waals surface area (Å²) in [6.07, 6.45) is 0.111. The molecular weight excluding hydrogens is 320 g/mol. The fourth-order valence-electron chi connectivity index (χ4n) is 2.83. The number of hydrogen-bond acceptors (Lipinski definition) is 6. The van der Waals surface area contributed by atoms with Crippen LogP contribution in [0.1, 0.15) is 25.8 Å². The van der Waals surface area contributed by atoms with Crippen molar-refractivity contribution in [3.05, 3.63) is 52.7 Å². The molecule has 1 aliphatic heterocycles. The van der Waals surface area contributed by atoms with Gasteiger partial charge in [-0.2, -0.15) is 5.26 Å². The van der Waals surface area contributed by atoms with E-state index in [4.69, 9.17) is 14.7 Å². The molecular formula is C19H20N2O4. The summed E-state index contributed by atoms with van der Waals surface area (Å²) in [5.74, 6) is -1.55. The van der Waals surface area contributed by atoms with Gasteiger partial charge in [-0.3, -0.25) is 0 Å². The lowest BCUT2D eigenvalue weighted by atomic mass is 9.85. The Morgan fingerprint density at radius 3 is 2.48 bits per heavy atom. The summed E-state index contributed by atoms with van der Waals surface area (Å²) in [5.41, 5.74) is 2.77. The van der Waals surface area contributed by atoms with Gasteiger partial charge in [-0.05, 0) is 12.5 Å². The topological polar surface area (TPSA) is 88.4 Å². The number of methoxy groups -OCH3 is 1. The van der Waals surface area contributed by atoms with Crippen LogP contribution in [0.5, 0.6) is 0 Å². The van der Waals surface area contributed by atoms with Gasteiger partial charge in [0.15, 0.2) is 0 Å². The van der Waals surface area contributed by atoms with Crippen molar-refractivity contribution in [3.63, 3.8) is 0 Å². The van der Waals surface area contributed by atoms with Gasteiger partial charge < -0.3 is 14.8 Å². The van der Waals surface area contributed by atoms with Crippen LogP contribution >= 0.6 is 0 Å². The third-order valence-corrected chi connectivity index (χ3v) is 3.99. The number of benzene rings is 1. The number of ether oxygens (including phenoxy) is 2. The number of nitrogens with one attached hydrogen (secondary N) is 1. The summed E-state index contributed by atoms with van der Waals surface area (Å²) in [5, 5.41) is 11.8. The molecule has 0 saturated heterocycles. The van der Waals surface area contributed by atoms with Crippen LogP contribution in [-0.2, 0) is 19.1 Å². The second-order valence-electron chi connectivity index (χ2n) is 5.58. The van der Waals surface area contributed by atoms with Gasteiger partial charge in [-0.15, -0.1) is 0 Å². The highest BCUT2D eigenvalue weighted by Gasteiger charge is 2.35. The minimum Gasteiger partial charge on any atom is -0.466 e. The number of nitrogens with zero attached hydrogens (tertiary/aromatic N) is 1. The highest BCUT2D eigenvalue weighted by molar-refractivity contribution is 6.03. The maximum atomic E-state index is 12.6. The molecule has 1 aromatic rings. The summed E-state index contributed by atoms with van der Waals surface area (Å²) in [7, 11) is 1.30. The molecule has 0 fully saturated rings. The van der Waals surface area contributed by atoms with E-state index >= 15 is 0 Å². The van der Waals surface area contributed by atoms with E-state index in [9.17, 15) is 9.59 Å². The van der Waals surface area contributed by atoms with Crippen molar-refractivity contribution >= 4 is 17.6 Å². The summed E-state index contributed by atoms with van der Waals surface area (Å²) in [6, 6.07) is 11.3. The Labute approximate surface area is 146 Å². The van der Waals surface area contributed by atoms with Gasteiger partial charge in [-0.1, -0.05) is 37.3 Å². The van der Waals surface area contributed by atoms with Gasteiger partial charge in [0.1, 0.15) is 6.61 Å². The van der Waals surface area contributed by atoms with Crippen molar-refractivity contribution in [2.45, 2.75) is 20.3 Å². The lowest BCUT2D eigenvalue weighted by Gasteiger charge is -2.29. The van der Waals surface area contributed by atoms with Gasteiger partial charge in [0, 0.05) is 11.6 Å². The molecule has 1 N–H and O–H groups in total. The minimum atomic E-state index is -0.553. The van der Waals surface area contributed by atoms with Crippen LogP contribution in [0.3, 0.4) is 0 Å². The SMILES string of the molecule is COC(=O)C1=C(C)NC(c2ccccc2)=C(C(=O)OCCC#N)C1C. The van der Waals surface area contributed by atoms with E-state index in [1.54, 1.807) is 13.8 Å². The number of rotatable bonds is 5. The van der Waals surface area contributed by atoms with E-state index in [1.807, 2.05) is 36.4 Å². The van der Waals surface area contributed by atoms with E-state index in [0.717, 1.165) is 5.56 Å². The van der Waals surface area contributed by atoms with Crippen molar-refractivity contribution in [2.75, 3.05) is 13.7 Å². The summed E-state index contributed by atoms with van der Waals surface area (Å²) < 4.78 is 10.1. The van der Waals surface area contributed by atoms with Gasteiger partial charge in [0.2, 0.25) is 0 Å². The van der Waals surface area contributed by atoms with Crippen molar-refractivity contribution in [1.82, 2.24) is 5.32 Å². The Balaban J connectivity index is 2.48. The van der Waals surface area contributed by atoms with Crippen molar-refractivity contribution in [1.29, 1.82) is 5.26 Å². The number of allylic oxidation sites excluding steroid dienone is 1. The van der Waals surface area contributed by atoms with Crippen LogP contribution in [-0.4, -0.2) is 25.7 Å². The summed E-state index contributed by atoms with van der Waals surface area (Å²) in [6.45, 7) is 3.54. The van der Waals surface area contributed by atoms with Crippen molar-refractivity contribution < 1.29 is 19.1 Å². The molecule has 25 heavy (non-hydrogen) atoms. The first-order valence-electron chi connectivity index (χ1n) is 7.91. The number of carbonyl (C=O) groups excluding carboxylic acids is 2. The second-order valence-corrected chi connectivity index (χ2v) is 5.58. The van der Waals surface area contributed by atoms with Crippen LogP contribution in [0.2, 0.25) is 0 Å². The highest BCUT2D eigenvalue weighted by atomic mass is 16.5. The Kier molecular flexibility index (Phi) is 5.96. The Bertz CT molecular complexity index is 772. The number of esters is 2. The van der Waals surface area contributed by atoms with E-state index in [0.29, 0.717) is 22.5 Å². The first kappa shape index (κ1) is 18.3. The molecule has 0 radical (unpaired) electrons. The molecule has 1 atom stereocenters. The molecule has 2 rings (SSSR count). The predicted molar refractivity (Wildman–Crippen MR) is 91.6 cm³/mol. The zero-order valence-corrected chi connectivity index (χ0v) is 14.5. The number of hydrogen-bond donors (Lipinski definition) is 1. The third-order valence-electron chi connectivity index (χ3n) is 3.99. The Morgan fingerprint density at radius 1 is 1.20 bits per heavy atom. The zero-order chi connectivity index (χ0) is 18.4. The molecule has 1 unspecified atom stereocenters. The maximum absolute atomic E-state index is 12.6. The minimum absolute atomic E-state index is 0.00385. The smallest absolute Gasteiger partial charge is 0.336 e. The quantitative estimate of drug-likeness (QED) is 0.654. The number of dihydropyridines is 1. The van der Waals surface area contributed by atoms with E-state index in [2.05, 4.69) is 5.32 Å². The fraction of sp³-hybridized carbons (Fsp3) is 0.316. The standard InChI is InChI=1S/C19H20N2O4/c1-12-15(18(22)24-3)13(2)21-17(14-8-5-4-6-9-14)16(12)19(23)25-11-7-10-20/h4-6,8-9,12,21H,7,11H2,1-3H3. The molecule has 1 aromatic carbocycles. The molecule has 0 saturated carbocycles. The van der Waals surface area contributed by atoms with E-state index in [-0.39, 0.29) is 13.0 Å². The van der Waals surface area contributed by atoms with E-state index < -0.39 is 17.9 Å². The van der Waals surface area contributed by atoms with Gasteiger partial charge >= 0.3 is 11.9 Å². The van der Waals surface area contributed by atoms with Crippen LogP contribution in [0, 0.1) is 17.2 Å². The normalized spacial score (nSPS) is 16.8. The molecule has 0 amide bonds. The van der Waals surface area contributed by atoms with Crippen molar-refractivity contribution in [2.24, 2.45) is 5.92 Å². The molecule has 1 aliphatic rings. The molecule has 6 heteroatoms. The Morgan fingerprint density at radius 2 is 1.88 bits per heavy atom. The van der Waals surface area contributed by atoms with Gasteiger partial charge in [0.25, 0.3) is 0 Å². The summed E-state index contributed by atoms with van der Waals surface area (Å²) in [4.78, 5) is 24.7. The lowest BCUT2D eigenvalue weighted by molar-refractivity contribution is -0.139. The third kappa shape index (κ3) is 3.89. The predicted octanol–water partition coefficient (Wildman–Crippen LogP) is 2.54. The average Bonchev–Trinajstić information content (AvgIpc) is 2.61. The number of carbonyl (C=O) groups is 2. The molecule has 0 aliphatic carbocycles. The monoisotopic (exact) mass is 340 g/mol. The fourth-order valence-corrected chi connectivity index (χ4v) is 2.83. The Hall–Kier alpha value is -3.07. The molecule has 1 heterocycles. The van der Waals surface area contributed by atoms with Crippen LogP contribution in [0.15, 0.2) is 47.2 Å². The second kappa shape index (κ2) is 8.15.